The highest BCUT2D eigenvalue weighted by atomic mass is 32.1. The van der Waals surface area contributed by atoms with Gasteiger partial charge in [-0.1, -0.05) is 12.1 Å². The largest absolute Gasteiger partial charge is 0.383 e. The van der Waals surface area contributed by atoms with Crippen molar-refractivity contribution in [2.24, 2.45) is 5.92 Å². The van der Waals surface area contributed by atoms with Crippen molar-refractivity contribution in [1.82, 2.24) is 15.5 Å². The minimum absolute atomic E-state index is 0.157. The molecule has 1 saturated heterocycles. The van der Waals surface area contributed by atoms with Crippen LogP contribution in [-0.4, -0.2) is 49.4 Å². The molecule has 4 rings (SSSR count). The molecule has 28 heavy (non-hydrogen) atoms. The number of methoxy groups -OCH3 is 1. The van der Waals surface area contributed by atoms with Gasteiger partial charge in [0.25, 0.3) is 5.91 Å². The van der Waals surface area contributed by atoms with Crippen LogP contribution < -0.4 is 10.2 Å². The van der Waals surface area contributed by atoms with Crippen LogP contribution in [-0.2, 0) is 4.74 Å². The van der Waals surface area contributed by atoms with Gasteiger partial charge >= 0.3 is 0 Å². The van der Waals surface area contributed by atoms with Crippen LogP contribution in [0.4, 0.5) is 5.69 Å². The highest BCUT2D eigenvalue weighted by Crippen LogP contribution is 2.33. The van der Waals surface area contributed by atoms with Crippen LogP contribution in [0.5, 0.6) is 0 Å². The first-order chi connectivity index (χ1) is 13.7. The predicted octanol–water partition coefficient (Wildman–Crippen LogP) is 3.56. The summed E-state index contributed by atoms with van der Waals surface area (Å²) in [4.78, 5) is 19.5. The van der Waals surface area contributed by atoms with E-state index < -0.39 is 0 Å². The molecule has 0 unspecified atom stereocenters. The Morgan fingerprint density at radius 1 is 1.39 bits per heavy atom. The molecular formula is C20H24N4O3S. The van der Waals surface area contributed by atoms with Gasteiger partial charge in [-0.25, -0.2) is 4.98 Å². The minimum atomic E-state index is -0.157. The summed E-state index contributed by atoms with van der Waals surface area (Å²) in [7, 11) is 1.60. The van der Waals surface area contributed by atoms with Crippen molar-refractivity contribution in [2.45, 2.75) is 19.8 Å². The molecule has 1 aliphatic rings. The number of hydrogen-bond acceptors (Lipinski definition) is 7. The number of carbonyl (C=O) groups excluding carboxylic acids is 1. The Hall–Kier alpha value is -2.45. The number of thiazole rings is 1. The van der Waals surface area contributed by atoms with Gasteiger partial charge in [-0.05, 0) is 30.9 Å². The van der Waals surface area contributed by atoms with Crippen molar-refractivity contribution in [3.05, 3.63) is 29.3 Å². The van der Waals surface area contributed by atoms with Gasteiger partial charge in [0.15, 0.2) is 5.58 Å². The van der Waals surface area contributed by atoms with E-state index in [9.17, 15) is 4.79 Å². The van der Waals surface area contributed by atoms with Crippen LogP contribution in [0.25, 0.3) is 21.7 Å². The highest BCUT2D eigenvalue weighted by molar-refractivity contribution is 7.17. The molecule has 3 aromatic rings. The quantitative estimate of drug-likeness (QED) is 0.637. The van der Waals surface area contributed by atoms with E-state index >= 15 is 0 Å². The fraction of sp³-hybridized carbons (Fsp3) is 0.450. The maximum Gasteiger partial charge on any atom is 0.263 e. The lowest BCUT2D eigenvalue weighted by Gasteiger charge is -2.32. The zero-order valence-electron chi connectivity index (χ0n) is 16.1. The molecule has 0 atom stereocenters. The molecule has 1 fully saturated rings. The van der Waals surface area contributed by atoms with Gasteiger partial charge in [-0.15, -0.1) is 11.3 Å². The van der Waals surface area contributed by atoms with Crippen molar-refractivity contribution in [2.75, 3.05) is 38.3 Å². The maximum absolute atomic E-state index is 12.2. The fourth-order valence-corrected chi connectivity index (χ4v) is 4.21. The van der Waals surface area contributed by atoms with Gasteiger partial charge in [0, 0.05) is 38.5 Å². The summed E-state index contributed by atoms with van der Waals surface area (Å²) in [5.74, 6) is 0.637. The number of anilines is 1. The fourth-order valence-electron chi connectivity index (χ4n) is 3.39. The SMILES string of the molecule is COCCNC(=O)c1cnc(-c2noc3cc(N4CCC(C)CC4)ccc23)s1. The summed E-state index contributed by atoms with van der Waals surface area (Å²) >= 11 is 1.31. The lowest BCUT2D eigenvalue weighted by molar-refractivity contribution is 0.0941. The average Bonchev–Trinajstić information content (AvgIpc) is 3.35. The van der Waals surface area contributed by atoms with Gasteiger partial charge < -0.3 is 19.5 Å². The van der Waals surface area contributed by atoms with Gasteiger partial charge in [0.2, 0.25) is 0 Å². The van der Waals surface area contributed by atoms with E-state index in [1.54, 1.807) is 13.3 Å². The molecule has 1 aliphatic heterocycles. The van der Waals surface area contributed by atoms with Crippen molar-refractivity contribution in [1.29, 1.82) is 0 Å². The first-order valence-corrected chi connectivity index (χ1v) is 10.3. The van der Waals surface area contributed by atoms with Gasteiger partial charge in [0.05, 0.1) is 18.2 Å². The molecule has 148 valence electrons. The Kier molecular flexibility index (Phi) is 5.59. The monoisotopic (exact) mass is 400 g/mol. The highest BCUT2D eigenvalue weighted by Gasteiger charge is 2.20. The molecule has 1 aromatic carbocycles. The van der Waals surface area contributed by atoms with Crippen LogP contribution in [0, 0.1) is 5.92 Å². The van der Waals surface area contributed by atoms with Crippen LogP contribution in [0.2, 0.25) is 0 Å². The Morgan fingerprint density at radius 3 is 3.00 bits per heavy atom. The third kappa shape index (κ3) is 3.88. The molecule has 0 bridgehead atoms. The van der Waals surface area contributed by atoms with Crippen molar-refractivity contribution in [3.8, 4) is 10.7 Å². The topological polar surface area (TPSA) is 80.5 Å². The summed E-state index contributed by atoms with van der Waals surface area (Å²) in [5.41, 5.74) is 2.58. The zero-order chi connectivity index (χ0) is 19.5. The number of nitrogens with zero attached hydrogens (tertiary/aromatic N) is 3. The predicted molar refractivity (Wildman–Crippen MR) is 110 cm³/mol. The third-order valence-electron chi connectivity index (χ3n) is 5.13. The average molecular weight is 401 g/mol. The molecule has 7 nitrogen and oxygen atoms in total. The molecule has 2 aromatic heterocycles. The lowest BCUT2D eigenvalue weighted by Crippen LogP contribution is -2.32. The van der Waals surface area contributed by atoms with Crippen molar-refractivity contribution < 1.29 is 14.1 Å². The molecule has 0 saturated carbocycles. The van der Waals surface area contributed by atoms with E-state index in [0.29, 0.717) is 28.7 Å². The molecule has 0 spiro atoms. The second-order valence-electron chi connectivity index (χ2n) is 7.16. The minimum Gasteiger partial charge on any atom is -0.383 e. The number of hydrogen-bond donors (Lipinski definition) is 1. The van der Waals surface area contributed by atoms with Gasteiger partial charge in [-0.3, -0.25) is 4.79 Å². The van der Waals surface area contributed by atoms with E-state index in [-0.39, 0.29) is 5.91 Å². The van der Waals surface area contributed by atoms with Crippen molar-refractivity contribution in [3.63, 3.8) is 0 Å². The second kappa shape index (κ2) is 8.28. The molecule has 0 aliphatic carbocycles. The molecule has 3 heterocycles. The van der Waals surface area contributed by atoms with E-state index in [1.807, 2.05) is 12.1 Å². The number of nitrogens with one attached hydrogen (secondary N) is 1. The van der Waals surface area contributed by atoms with Gasteiger partial charge in [-0.2, -0.15) is 0 Å². The summed E-state index contributed by atoms with van der Waals surface area (Å²) < 4.78 is 10.5. The Bertz CT molecular complexity index is 959. The van der Waals surface area contributed by atoms with Crippen LogP contribution in [0.1, 0.15) is 29.4 Å². The zero-order valence-corrected chi connectivity index (χ0v) is 16.9. The maximum atomic E-state index is 12.2. The van der Waals surface area contributed by atoms with Gasteiger partial charge in [0.1, 0.15) is 15.6 Å². The molecule has 8 heteroatoms. The summed E-state index contributed by atoms with van der Waals surface area (Å²) in [6, 6.07) is 6.20. The molecule has 1 N–H and O–H groups in total. The number of ether oxygens (including phenoxy) is 1. The van der Waals surface area contributed by atoms with E-state index in [1.165, 1.54) is 29.9 Å². The number of aromatic nitrogens is 2. The number of piperidine rings is 1. The van der Waals surface area contributed by atoms with Crippen LogP contribution in [0.15, 0.2) is 28.9 Å². The third-order valence-corrected chi connectivity index (χ3v) is 6.13. The Labute approximate surface area is 167 Å². The summed E-state index contributed by atoms with van der Waals surface area (Å²) in [6.07, 6.45) is 4.01. The van der Waals surface area contributed by atoms with E-state index in [4.69, 9.17) is 9.26 Å². The normalized spacial score (nSPS) is 15.3. The Morgan fingerprint density at radius 2 is 2.21 bits per heavy atom. The smallest absolute Gasteiger partial charge is 0.263 e. The summed E-state index contributed by atoms with van der Waals surface area (Å²) in [6.45, 7) is 5.39. The van der Waals surface area contributed by atoms with E-state index in [0.717, 1.165) is 30.0 Å². The number of benzene rings is 1. The number of carbonyl (C=O) groups is 1. The van der Waals surface area contributed by atoms with Crippen molar-refractivity contribution >= 4 is 33.9 Å². The molecular weight excluding hydrogens is 376 g/mol. The number of amides is 1. The standard InChI is InChI=1S/C20H24N4O3S/c1-13-5-8-24(9-6-13)14-3-4-15-16(11-14)27-23-18(15)20-22-12-17(28-20)19(25)21-7-10-26-2/h3-4,11-13H,5-10H2,1-2H3,(H,21,25). The number of rotatable bonds is 6. The van der Waals surface area contributed by atoms with Crippen LogP contribution >= 0.6 is 11.3 Å². The lowest BCUT2D eigenvalue weighted by atomic mass is 9.99. The molecule has 1 amide bonds. The summed E-state index contributed by atoms with van der Waals surface area (Å²) in [5, 5.41) is 8.60. The number of fused-ring (bicyclic) bond motifs is 1. The second-order valence-corrected chi connectivity index (χ2v) is 8.19. The first-order valence-electron chi connectivity index (χ1n) is 9.53. The first kappa shape index (κ1) is 18.9. The van der Waals surface area contributed by atoms with E-state index in [2.05, 4.69) is 33.3 Å². The Balaban J connectivity index is 1.53. The van der Waals surface area contributed by atoms with Crippen LogP contribution in [0.3, 0.4) is 0 Å². The molecule has 0 radical (unpaired) electrons.